The largest absolute Gasteiger partial charge is 0.394 e. The molecule has 3 aromatic carbocycles. The van der Waals surface area contributed by atoms with Crippen molar-refractivity contribution in [2.75, 3.05) is 72.6 Å². The number of thioether (sulfide) groups is 3. The van der Waals surface area contributed by atoms with Gasteiger partial charge < -0.3 is 76.1 Å². The minimum Gasteiger partial charge on any atom is -0.394 e. The lowest BCUT2D eigenvalue weighted by molar-refractivity contribution is -0.0629. The third-order valence-electron chi connectivity index (χ3n) is 15.6. The van der Waals surface area contributed by atoms with Crippen molar-refractivity contribution < 1.29 is 132 Å². The average Bonchev–Trinajstić information content (AvgIpc) is 1.44. The summed E-state index contributed by atoms with van der Waals surface area (Å²) in [6.07, 6.45) is -61.4. The fourth-order valence-corrected chi connectivity index (χ4v) is 11.6. The second-order valence-electron chi connectivity index (χ2n) is 22.8. The zero-order valence-electron chi connectivity index (χ0n) is 99.6. The number of aryl methyl sites for hydroxylation is 3. The molecule has 12 N–H and O–H groups in total. The lowest BCUT2D eigenvalue weighted by Gasteiger charge is -2.17. The summed E-state index contributed by atoms with van der Waals surface area (Å²) in [5.41, 5.74) is -11.2. The van der Waals surface area contributed by atoms with Crippen LogP contribution in [0.5, 0.6) is 0 Å². The van der Waals surface area contributed by atoms with Gasteiger partial charge >= 0.3 is 0 Å². The van der Waals surface area contributed by atoms with Gasteiger partial charge in [0.15, 0.2) is 66.4 Å². The van der Waals surface area contributed by atoms with E-state index in [4.69, 9.17) is 68.4 Å². The average molecular weight is 1600 g/mol. The summed E-state index contributed by atoms with van der Waals surface area (Å²) >= 11 is 0.460. The van der Waals surface area contributed by atoms with Crippen molar-refractivity contribution in [2.45, 2.75) is 223 Å². The quantitative estimate of drug-likeness (QED) is 0.0168. The van der Waals surface area contributed by atoms with E-state index in [-0.39, 0.29) is 77.4 Å². The Hall–Kier alpha value is -7.14. The van der Waals surface area contributed by atoms with Crippen LogP contribution in [0.1, 0.15) is 206 Å². The number of rotatable bonds is 30. The molecule has 9 aromatic rings. The van der Waals surface area contributed by atoms with Crippen LogP contribution in [0.4, 0.5) is 30.6 Å². The van der Waals surface area contributed by atoms with E-state index < -0.39 is 300 Å². The highest BCUT2D eigenvalue weighted by Crippen LogP contribution is 2.48. The van der Waals surface area contributed by atoms with Crippen molar-refractivity contribution >= 4 is 86.2 Å². The molecule has 108 heavy (non-hydrogen) atoms. The lowest BCUT2D eigenvalue weighted by atomic mass is 10.1. The minimum atomic E-state index is -4.39. The Morgan fingerprint density at radius 2 is 0.815 bits per heavy atom. The van der Waals surface area contributed by atoms with Gasteiger partial charge in [0.2, 0.25) is 0 Å². The van der Waals surface area contributed by atoms with E-state index in [1.54, 1.807) is 0 Å². The van der Waals surface area contributed by atoms with Crippen LogP contribution in [0.15, 0.2) is 70.1 Å². The third-order valence-corrected chi connectivity index (χ3v) is 17.8. The molecule has 582 valence electrons. The normalized spacial score (nSPS) is 47.5. The number of aromatic nitrogens is 15. The van der Waals surface area contributed by atoms with Crippen molar-refractivity contribution in [1.82, 2.24) is 74.9 Å². The Morgan fingerprint density at radius 3 is 1.13 bits per heavy atom. The number of anilines is 3. The van der Waals surface area contributed by atoms with E-state index in [1.807, 2.05) is 0 Å². The van der Waals surface area contributed by atoms with Crippen LogP contribution in [0.2, 0.25) is 0 Å². The van der Waals surface area contributed by atoms with Crippen LogP contribution in [-0.4, -0.2) is 250 Å². The highest BCUT2D eigenvalue weighted by molar-refractivity contribution is 7.99. The zero-order valence-corrected chi connectivity index (χ0v) is 59.0. The number of hydrogen-bond donors (Lipinski definition) is 12. The van der Waals surface area contributed by atoms with Crippen LogP contribution in [0, 0.1) is 38.2 Å². The molecule has 6 aliphatic rings. The van der Waals surface area contributed by atoms with Crippen molar-refractivity contribution in [3.8, 4) is 0 Å². The number of fused-ring (bicyclic) bond motifs is 3. The second kappa shape index (κ2) is 35.1. The Labute approximate surface area is 693 Å². The summed E-state index contributed by atoms with van der Waals surface area (Å²) in [6.45, 7) is -7.06. The summed E-state index contributed by atoms with van der Waals surface area (Å²) in [5, 5.41) is 123. The molecule has 6 aliphatic carbocycles. The molecule has 6 saturated carbocycles. The first-order valence-electron chi connectivity index (χ1n) is 53.2. The first-order chi connectivity index (χ1) is 67.7. The maximum atomic E-state index is 14.5. The van der Waals surface area contributed by atoms with E-state index in [9.17, 15) is 59.1 Å². The zero-order chi connectivity index (χ0) is 115. The summed E-state index contributed by atoms with van der Waals surface area (Å²) in [7, 11) is 0. The Kier molecular flexibility index (Phi) is 13.4. The molecule has 15 rings (SSSR count). The Morgan fingerprint density at radius 1 is 0.472 bits per heavy atom. The maximum Gasteiger partial charge on any atom is 0.191 e. The second-order valence-corrected chi connectivity index (χ2v) is 25.2. The van der Waals surface area contributed by atoms with Gasteiger partial charge in [0.25, 0.3) is 0 Å². The fraction of sp³-hybridized carbons (Fsp3) is 0.583. The number of nitrogens with one attached hydrogen (secondary N) is 3. The van der Waals surface area contributed by atoms with E-state index in [1.165, 1.54) is 64.1 Å². The molecule has 0 spiro atoms. The summed E-state index contributed by atoms with van der Waals surface area (Å²) < 4.78 is 417. The number of ether oxygens (including phenoxy) is 3. The van der Waals surface area contributed by atoms with Crippen LogP contribution < -0.4 is 16.0 Å². The van der Waals surface area contributed by atoms with Crippen molar-refractivity contribution in [1.29, 1.82) is 0 Å². The molecule has 6 fully saturated rings. The molecule has 6 heterocycles. The predicted molar refractivity (Wildman–Crippen MR) is 398 cm³/mol. The molecule has 36 heteroatoms. The minimum absolute atomic E-state index is 0.00107. The van der Waals surface area contributed by atoms with Crippen LogP contribution in [-0.2, 0) is 14.2 Å². The summed E-state index contributed by atoms with van der Waals surface area (Å²) in [6, 6.07) is -7.19. The molecular weight excluding hydrogens is 1460 g/mol. The first-order valence-corrected chi connectivity index (χ1v) is 34.1. The number of hydrogen-bond acceptors (Lipinski definition) is 30. The molecule has 0 amide bonds. The predicted octanol–water partition coefficient (Wildman–Crippen LogP) is 6.55. The molecule has 0 bridgehead atoms. The number of halogens is 3. The van der Waals surface area contributed by atoms with Crippen molar-refractivity contribution in [2.24, 2.45) is 0 Å². The lowest BCUT2D eigenvalue weighted by Crippen LogP contribution is -2.33. The Balaban J connectivity index is 0.000000189. The van der Waals surface area contributed by atoms with Gasteiger partial charge in [-0.25, -0.2) is 57.1 Å². The molecular formula is C72H93F3N18O12S3. The van der Waals surface area contributed by atoms with E-state index in [0.29, 0.717) is 11.8 Å². The van der Waals surface area contributed by atoms with Gasteiger partial charge in [-0.05, 0) is 111 Å². The van der Waals surface area contributed by atoms with Gasteiger partial charge in [-0.2, -0.15) is 0 Å². The van der Waals surface area contributed by atoms with Gasteiger partial charge in [-0.15, -0.1) is 15.3 Å². The van der Waals surface area contributed by atoms with Crippen molar-refractivity contribution in [3.05, 3.63) is 105 Å². The van der Waals surface area contributed by atoms with Gasteiger partial charge in [-0.3, -0.25) is 0 Å². The summed E-state index contributed by atoms with van der Waals surface area (Å²) in [5.74, 6) is -7.89. The molecule has 18 atom stereocenters. The molecule has 6 aromatic heterocycles. The molecule has 30 nitrogen and oxygen atoms in total. The maximum absolute atomic E-state index is 14.5. The van der Waals surface area contributed by atoms with Crippen LogP contribution in [0.25, 0.3) is 33.5 Å². The van der Waals surface area contributed by atoms with E-state index in [0.717, 1.165) is 32.0 Å². The van der Waals surface area contributed by atoms with Gasteiger partial charge in [0.05, 0.1) is 105 Å². The number of aliphatic hydroxyl groups excluding tert-OH is 1. The number of nitrogens with zero attached hydrogens (tertiary/aromatic N) is 15. The molecule has 0 unspecified atom stereocenters. The summed E-state index contributed by atoms with van der Waals surface area (Å²) in [4.78, 5) is 24.4. The topological polar surface area (TPSA) is 415 Å². The van der Waals surface area contributed by atoms with Gasteiger partial charge in [0.1, 0.15) is 53.9 Å². The number of benzene rings is 3. The van der Waals surface area contributed by atoms with Gasteiger partial charge in [-0.1, -0.05) is 108 Å². The van der Waals surface area contributed by atoms with Crippen LogP contribution >= 0.6 is 35.3 Å². The highest BCUT2D eigenvalue weighted by atomic mass is 32.2. The molecule has 0 aliphatic heterocycles. The van der Waals surface area contributed by atoms with E-state index in [2.05, 4.69) is 81.5 Å². The monoisotopic (exact) mass is 1600 g/mol. The molecule has 0 radical (unpaired) electrons. The SMILES string of the molecule is [2H]C([2H])(C)C([2H])([2H])Sc1nc(N[C@@]2([2H])[C@H](c3ccc(C)c(F)c3)C2([2H])[2H])c2nnn([C@]3([2H])C([2H])([2H])[C@]([2H])(OCCO)[C@@]([2H])(O)[C@@]3([2H])O)c2n1.[2H]C([2H])(CC)Sc1nc(N[C@@]2([2H])[C@H](c3ccc(C)c(F)c3)C2([2H])[2H])c2nnn([C@]3([2H])C([2H])([2H])[C@]([2H])(OC([2H])([2H])C([2H])([2H])O)[C@@]([2H])(O)[C@@]3([2H])O)c2n1.[2H]C([2H])(O)CO[C@@]1([2H])C([2H])([2H])[C@@]([2H])(n2nnc3c(N[C@@]4([2H])[C@H](c5ccc(C)c(F)c5)C4([2H])[2H])nc(SC([2H])([2H])C([2H])([2H])C)nc32)[C@]([2H])(O)[C@]1([2H])O. The van der Waals surface area contributed by atoms with Crippen molar-refractivity contribution in [3.63, 3.8) is 0 Å². The highest BCUT2D eigenvalue weighted by Gasteiger charge is 2.49. The van der Waals surface area contributed by atoms with Crippen LogP contribution in [0.3, 0.4) is 0 Å². The first kappa shape index (κ1) is 41.4. The van der Waals surface area contributed by atoms with E-state index >= 15 is 0 Å². The smallest absolute Gasteiger partial charge is 0.191 e. The fourth-order valence-electron chi connectivity index (χ4n) is 10.1. The standard InChI is InChI=1S/3C24H31FN6O4S/c3*1-3-8-36-24-27-22(26-16-10-14(16)13-5-4-12(2)15(25)9-13)19-23(28-24)31(30-29-19)17-11-18(35-7-6-32)21(34)20(17)33/h3*4-5,9,14,16-18,20-21,32-34H,3,6-8,10-11H2,1-2H3,(H,26,27,28)/t3*14-,16+,17+,18-,20-,21+/m000/s1/i6D2,7D2,8D2,10D2,11D2,16D,17D,18D,20D,21D;3D2,6D2,8D2,10D2,11D2,16D,17D,18D,20D,21D;3D2,8D2,10D2,11D2,16D,17D,18D,20D,21D. The van der Waals surface area contributed by atoms with Gasteiger partial charge in [0, 0.05) is 102 Å². The third kappa shape index (κ3) is 17.5. The Bertz CT molecular complexity index is 6870. The number of aliphatic hydroxyl groups is 9. The molecule has 0 saturated heterocycles.